The van der Waals surface area contributed by atoms with Gasteiger partial charge in [-0.25, -0.2) is 4.98 Å². The third-order valence-electron chi connectivity index (χ3n) is 5.13. The number of benzene rings is 2. The average Bonchev–Trinajstić information content (AvgIpc) is 2.77. The highest BCUT2D eigenvalue weighted by Crippen LogP contribution is 2.36. The first kappa shape index (κ1) is 24.8. The normalized spacial score (nSPS) is 11.7. The highest BCUT2D eigenvalue weighted by Gasteiger charge is 2.37. The minimum atomic E-state index is -4.98. The fourth-order valence-corrected chi connectivity index (χ4v) is 3.46. The summed E-state index contributed by atoms with van der Waals surface area (Å²) in [5, 5.41) is 0. The minimum Gasteiger partial charge on any atom is -0.337 e. The van der Waals surface area contributed by atoms with Crippen LogP contribution in [0.5, 0.6) is 0 Å². The van der Waals surface area contributed by atoms with Crippen molar-refractivity contribution in [2.45, 2.75) is 25.8 Å². The number of carbonyl (C=O) groups is 1. The molecule has 0 aliphatic heterocycles. The number of rotatable bonds is 4. The first-order valence-corrected chi connectivity index (χ1v) is 9.87. The van der Waals surface area contributed by atoms with Gasteiger partial charge in [0.2, 0.25) is 0 Å². The first-order valence-electron chi connectivity index (χ1n) is 9.87. The molecule has 0 fully saturated rings. The maximum atomic E-state index is 13.2. The summed E-state index contributed by atoms with van der Waals surface area (Å²) in [4.78, 5) is 18.3. The molecule has 0 unspecified atom stereocenters. The largest absolute Gasteiger partial charge is 0.416 e. The SMILES string of the molecule is C#Cc1cc(-c2ccccc2C)c(C(=O)N(C)Cc2cc(C(F)(F)F)cc(C(F)(F)F)c2)cn1. The maximum Gasteiger partial charge on any atom is 0.416 e. The van der Waals surface area contributed by atoms with Crippen LogP contribution in [0.15, 0.2) is 54.7 Å². The molecule has 1 aromatic heterocycles. The Hall–Kier alpha value is -3.80. The number of hydrogen-bond donors (Lipinski definition) is 0. The predicted octanol–water partition coefficient (Wildman–Crippen LogP) is 6.35. The fraction of sp³-hybridized carbons (Fsp3) is 0.200. The molecular weight excluding hydrogens is 458 g/mol. The zero-order chi connectivity index (χ0) is 25.3. The Morgan fingerprint density at radius 1 is 0.971 bits per heavy atom. The fourth-order valence-electron chi connectivity index (χ4n) is 3.46. The molecule has 0 aliphatic carbocycles. The van der Waals surface area contributed by atoms with Crippen molar-refractivity contribution in [3.8, 4) is 23.5 Å². The van der Waals surface area contributed by atoms with Gasteiger partial charge in [0.1, 0.15) is 5.69 Å². The second-order valence-corrected chi connectivity index (χ2v) is 7.65. The smallest absolute Gasteiger partial charge is 0.337 e. The second kappa shape index (κ2) is 9.21. The number of halogens is 6. The third-order valence-corrected chi connectivity index (χ3v) is 5.13. The van der Waals surface area contributed by atoms with Crippen LogP contribution >= 0.6 is 0 Å². The van der Waals surface area contributed by atoms with Crippen molar-refractivity contribution in [2.75, 3.05) is 7.05 Å². The minimum absolute atomic E-state index is 0.0457. The zero-order valence-electron chi connectivity index (χ0n) is 18.1. The molecule has 3 nitrogen and oxygen atoms in total. The molecule has 0 saturated heterocycles. The van der Waals surface area contributed by atoms with Crippen molar-refractivity contribution in [2.24, 2.45) is 0 Å². The van der Waals surface area contributed by atoms with Crippen LogP contribution in [0.1, 0.15) is 38.3 Å². The van der Waals surface area contributed by atoms with Crippen LogP contribution in [0.2, 0.25) is 0 Å². The van der Waals surface area contributed by atoms with Gasteiger partial charge < -0.3 is 4.90 Å². The Kier molecular flexibility index (Phi) is 6.73. The van der Waals surface area contributed by atoms with Crippen molar-refractivity contribution in [3.05, 3.63) is 88.2 Å². The Labute approximate surface area is 192 Å². The Balaban J connectivity index is 2.02. The van der Waals surface area contributed by atoms with E-state index in [-0.39, 0.29) is 22.9 Å². The highest BCUT2D eigenvalue weighted by molar-refractivity contribution is 6.01. The van der Waals surface area contributed by atoms with E-state index >= 15 is 0 Å². The van der Waals surface area contributed by atoms with Crippen LogP contribution < -0.4 is 0 Å². The van der Waals surface area contributed by atoms with Gasteiger partial charge in [-0.3, -0.25) is 4.79 Å². The van der Waals surface area contributed by atoms with Gasteiger partial charge in [0.25, 0.3) is 5.91 Å². The van der Waals surface area contributed by atoms with E-state index in [4.69, 9.17) is 6.42 Å². The van der Waals surface area contributed by atoms with Gasteiger partial charge in [-0.15, -0.1) is 6.42 Å². The van der Waals surface area contributed by atoms with E-state index in [9.17, 15) is 31.1 Å². The standard InChI is InChI=1S/C25H18F6N2O/c1-4-19-12-21(20-8-6-5-7-15(20)2)22(13-32-19)23(34)33(3)14-16-9-17(24(26,27)28)11-18(10-16)25(29,30)31/h1,5-13H,14H2,2-3H3. The maximum absolute atomic E-state index is 13.2. The second-order valence-electron chi connectivity index (χ2n) is 7.65. The van der Waals surface area contributed by atoms with Crippen LogP contribution in [0.4, 0.5) is 26.3 Å². The summed E-state index contributed by atoms with van der Waals surface area (Å²) in [6.45, 7) is 1.33. The molecule has 0 radical (unpaired) electrons. The van der Waals surface area contributed by atoms with E-state index in [1.807, 2.05) is 19.1 Å². The monoisotopic (exact) mass is 476 g/mol. The van der Waals surface area contributed by atoms with Gasteiger partial charge in [0.05, 0.1) is 16.7 Å². The summed E-state index contributed by atoms with van der Waals surface area (Å²) in [5.41, 5.74) is -0.846. The molecule has 0 aliphatic rings. The molecular formula is C25H18F6N2O. The molecule has 9 heteroatoms. The van der Waals surface area contributed by atoms with Crippen LogP contribution in [0.3, 0.4) is 0 Å². The molecule has 0 spiro atoms. The topological polar surface area (TPSA) is 33.2 Å². The average molecular weight is 476 g/mol. The Morgan fingerprint density at radius 3 is 2.09 bits per heavy atom. The van der Waals surface area contributed by atoms with Crippen LogP contribution in [-0.4, -0.2) is 22.8 Å². The number of aromatic nitrogens is 1. The zero-order valence-corrected chi connectivity index (χ0v) is 18.1. The Bertz CT molecular complexity index is 1240. The van der Waals surface area contributed by atoms with Gasteiger partial charge in [-0.1, -0.05) is 30.2 Å². The van der Waals surface area contributed by atoms with Gasteiger partial charge >= 0.3 is 12.4 Å². The lowest BCUT2D eigenvalue weighted by Gasteiger charge is -2.21. The van der Waals surface area contributed by atoms with Crippen LogP contribution in [0.25, 0.3) is 11.1 Å². The first-order chi connectivity index (χ1) is 15.8. The van der Waals surface area contributed by atoms with Crippen molar-refractivity contribution >= 4 is 5.91 Å². The third kappa shape index (κ3) is 5.39. The summed E-state index contributed by atoms with van der Waals surface area (Å²) in [7, 11) is 1.28. The number of carbonyl (C=O) groups excluding carboxylic acids is 1. The Morgan fingerprint density at radius 2 is 1.56 bits per heavy atom. The van der Waals surface area contributed by atoms with Gasteiger partial charge in [-0.05, 0) is 53.4 Å². The lowest BCUT2D eigenvalue weighted by molar-refractivity contribution is -0.143. The molecule has 0 saturated carbocycles. The van der Waals surface area contributed by atoms with Crippen molar-refractivity contribution in [1.29, 1.82) is 0 Å². The number of aryl methyl sites for hydroxylation is 1. The van der Waals surface area contributed by atoms with E-state index < -0.39 is 35.9 Å². The number of alkyl halides is 6. The number of pyridine rings is 1. The summed E-state index contributed by atoms with van der Waals surface area (Å²) < 4.78 is 79.0. The summed E-state index contributed by atoms with van der Waals surface area (Å²) in [6.07, 6.45) is -3.28. The lowest BCUT2D eigenvalue weighted by atomic mass is 9.96. The predicted molar refractivity (Wildman–Crippen MR) is 115 cm³/mol. The summed E-state index contributed by atoms with van der Waals surface area (Å²) >= 11 is 0. The summed E-state index contributed by atoms with van der Waals surface area (Å²) in [6, 6.07) is 9.94. The number of terminal acetylenes is 1. The van der Waals surface area contributed by atoms with Crippen molar-refractivity contribution in [3.63, 3.8) is 0 Å². The quantitative estimate of drug-likeness (QED) is 0.325. The highest BCUT2D eigenvalue weighted by atomic mass is 19.4. The van der Waals surface area contributed by atoms with Crippen LogP contribution in [0, 0.1) is 19.3 Å². The number of hydrogen-bond acceptors (Lipinski definition) is 2. The van der Waals surface area contributed by atoms with Crippen molar-refractivity contribution < 1.29 is 31.1 Å². The molecule has 0 bridgehead atoms. The van der Waals surface area contributed by atoms with Gasteiger partial charge in [0.15, 0.2) is 0 Å². The molecule has 3 aromatic rings. The molecule has 2 aromatic carbocycles. The lowest BCUT2D eigenvalue weighted by Crippen LogP contribution is -2.27. The van der Waals surface area contributed by atoms with E-state index in [0.29, 0.717) is 23.3 Å². The van der Waals surface area contributed by atoms with Gasteiger partial charge in [0, 0.05) is 19.8 Å². The molecule has 1 heterocycles. The van der Waals surface area contributed by atoms with Crippen molar-refractivity contribution in [1.82, 2.24) is 9.88 Å². The van der Waals surface area contributed by atoms with Gasteiger partial charge in [-0.2, -0.15) is 26.3 Å². The molecule has 34 heavy (non-hydrogen) atoms. The van der Waals surface area contributed by atoms with E-state index in [2.05, 4.69) is 10.9 Å². The number of amides is 1. The molecule has 3 rings (SSSR count). The van der Waals surface area contributed by atoms with E-state index in [1.165, 1.54) is 19.3 Å². The molecule has 176 valence electrons. The summed E-state index contributed by atoms with van der Waals surface area (Å²) in [5.74, 6) is 1.74. The molecule has 0 N–H and O–H groups in total. The molecule has 0 atom stereocenters. The van der Waals surface area contributed by atoms with Crippen LogP contribution in [-0.2, 0) is 18.9 Å². The van der Waals surface area contributed by atoms with E-state index in [0.717, 1.165) is 10.5 Å². The molecule has 1 amide bonds. The number of nitrogens with zero attached hydrogens (tertiary/aromatic N) is 2. The van der Waals surface area contributed by atoms with E-state index in [1.54, 1.807) is 12.1 Å².